The van der Waals surface area contributed by atoms with Crippen molar-refractivity contribution in [1.29, 1.82) is 0 Å². The van der Waals surface area contributed by atoms with E-state index in [-0.39, 0.29) is 5.91 Å². The molecule has 0 unspecified atom stereocenters. The Morgan fingerprint density at radius 3 is 2.70 bits per heavy atom. The number of methoxy groups -OCH3 is 1. The number of nitrogens with one attached hydrogen (secondary N) is 1. The van der Waals surface area contributed by atoms with Crippen molar-refractivity contribution in [3.8, 4) is 5.69 Å². The highest BCUT2D eigenvalue weighted by Crippen LogP contribution is 2.14. The molecule has 23 heavy (non-hydrogen) atoms. The van der Waals surface area contributed by atoms with Gasteiger partial charge in [0.2, 0.25) is 0 Å². The smallest absolute Gasteiger partial charge is 0.255 e. The molecule has 0 aliphatic heterocycles. The molecule has 5 nitrogen and oxygen atoms in total. The minimum atomic E-state index is -0.144. The third kappa shape index (κ3) is 3.64. The number of nitrogens with zero attached hydrogens (tertiary/aromatic N) is 2. The number of carbonyl (C=O) groups excluding carboxylic acids is 1. The summed E-state index contributed by atoms with van der Waals surface area (Å²) in [7, 11) is 1.63. The first-order chi connectivity index (χ1) is 11.3. The second-order valence-electron chi connectivity index (χ2n) is 5.09. The maximum Gasteiger partial charge on any atom is 0.255 e. The molecule has 0 saturated heterocycles. The average molecular weight is 307 g/mol. The van der Waals surface area contributed by atoms with Gasteiger partial charge < -0.3 is 10.1 Å². The molecule has 0 atom stereocenters. The lowest BCUT2D eigenvalue weighted by Crippen LogP contribution is -2.12. The molecule has 116 valence electrons. The molecule has 5 heteroatoms. The Labute approximate surface area is 134 Å². The van der Waals surface area contributed by atoms with Gasteiger partial charge in [-0.05, 0) is 48.0 Å². The van der Waals surface area contributed by atoms with E-state index in [1.807, 2.05) is 54.7 Å². The zero-order valence-corrected chi connectivity index (χ0v) is 12.8. The van der Waals surface area contributed by atoms with Crippen LogP contribution in [0, 0.1) is 0 Å². The third-order valence-corrected chi connectivity index (χ3v) is 3.39. The van der Waals surface area contributed by atoms with Crippen molar-refractivity contribution in [1.82, 2.24) is 9.78 Å². The van der Waals surface area contributed by atoms with Crippen LogP contribution >= 0.6 is 0 Å². The van der Waals surface area contributed by atoms with Gasteiger partial charge in [-0.1, -0.05) is 12.1 Å². The fourth-order valence-electron chi connectivity index (χ4n) is 2.29. The summed E-state index contributed by atoms with van der Waals surface area (Å²) in [5.41, 5.74) is 3.25. The van der Waals surface area contributed by atoms with E-state index in [1.165, 1.54) is 0 Å². The van der Waals surface area contributed by atoms with Crippen LogP contribution in [0.3, 0.4) is 0 Å². The number of benzene rings is 2. The summed E-state index contributed by atoms with van der Waals surface area (Å²) in [6.07, 6.45) is 3.59. The van der Waals surface area contributed by atoms with Gasteiger partial charge in [0.25, 0.3) is 5.91 Å². The summed E-state index contributed by atoms with van der Waals surface area (Å²) >= 11 is 0. The number of hydrogen-bond donors (Lipinski definition) is 1. The van der Waals surface area contributed by atoms with Crippen LogP contribution in [0.2, 0.25) is 0 Å². The first kappa shape index (κ1) is 15.0. The predicted molar refractivity (Wildman–Crippen MR) is 88.7 cm³/mol. The molecule has 0 spiro atoms. The lowest BCUT2D eigenvalue weighted by atomic mass is 10.1. The molecule has 0 radical (unpaired) electrons. The average Bonchev–Trinajstić information content (AvgIpc) is 3.11. The van der Waals surface area contributed by atoms with Gasteiger partial charge in [0.05, 0.1) is 12.3 Å². The molecule has 1 amide bonds. The van der Waals surface area contributed by atoms with Gasteiger partial charge in [0.1, 0.15) is 0 Å². The van der Waals surface area contributed by atoms with Gasteiger partial charge in [-0.2, -0.15) is 5.10 Å². The first-order valence-corrected chi connectivity index (χ1v) is 7.25. The maximum absolute atomic E-state index is 12.3. The van der Waals surface area contributed by atoms with Crippen molar-refractivity contribution in [3.05, 3.63) is 78.1 Å². The topological polar surface area (TPSA) is 56.1 Å². The Morgan fingerprint density at radius 1 is 1.17 bits per heavy atom. The van der Waals surface area contributed by atoms with Crippen LogP contribution in [0.5, 0.6) is 0 Å². The summed E-state index contributed by atoms with van der Waals surface area (Å²) in [5.74, 6) is -0.144. The monoisotopic (exact) mass is 307 g/mol. The molecule has 0 aliphatic rings. The van der Waals surface area contributed by atoms with Gasteiger partial charge in [-0.15, -0.1) is 0 Å². The van der Waals surface area contributed by atoms with E-state index in [0.29, 0.717) is 12.2 Å². The Kier molecular flexibility index (Phi) is 4.49. The van der Waals surface area contributed by atoms with Crippen molar-refractivity contribution in [2.45, 2.75) is 6.61 Å². The number of aromatic nitrogens is 2. The molecule has 1 heterocycles. The lowest BCUT2D eigenvalue weighted by molar-refractivity contribution is 0.102. The second kappa shape index (κ2) is 6.89. The van der Waals surface area contributed by atoms with Crippen LogP contribution in [-0.2, 0) is 11.3 Å². The minimum Gasteiger partial charge on any atom is -0.380 e. The molecule has 2 aromatic carbocycles. The maximum atomic E-state index is 12.3. The molecular weight excluding hydrogens is 290 g/mol. The number of carbonyl (C=O) groups is 1. The van der Waals surface area contributed by atoms with Crippen LogP contribution in [0.15, 0.2) is 67.0 Å². The SMILES string of the molecule is COCc1cccc(C(=O)Nc2ccc(-n3cccn3)cc2)c1. The van der Waals surface area contributed by atoms with E-state index >= 15 is 0 Å². The van der Waals surface area contributed by atoms with Crippen LogP contribution in [0.25, 0.3) is 5.69 Å². The predicted octanol–water partition coefficient (Wildman–Crippen LogP) is 3.27. The van der Waals surface area contributed by atoms with Crippen LogP contribution < -0.4 is 5.32 Å². The largest absolute Gasteiger partial charge is 0.380 e. The number of hydrogen-bond acceptors (Lipinski definition) is 3. The summed E-state index contributed by atoms with van der Waals surface area (Å²) in [5, 5.41) is 7.06. The van der Waals surface area contributed by atoms with Gasteiger partial charge in [0.15, 0.2) is 0 Å². The van der Waals surface area contributed by atoms with Gasteiger partial charge >= 0.3 is 0 Å². The highest BCUT2D eigenvalue weighted by Gasteiger charge is 2.07. The fourth-order valence-corrected chi connectivity index (χ4v) is 2.29. The quantitative estimate of drug-likeness (QED) is 0.787. The first-order valence-electron chi connectivity index (χ1n) is 7.25. The van der Waals surface area contributed by atoms with Crippen molar-refractivity contribution in [2.24, 2.45) is 0 Å². The zero-order valence-electron chi connectivity index (χ0n) is 12.8. The van der Waals surface area contributed by atoms with E-state index in [2.05, 4.69) is 10.4 Å². The fraction of sp³-hybridized carbons (Fsp3) is 0.111. The standard InChI is InChI=1S/C18H17N3O2/c1-23-13-14-4-2-5-15(12-14)18(22)20-16-6-8-17(9-7-16)21-11-3-10-19-21/h2-12H,13H2,1H3,(H,20,22). The zero-order chi connectivity index (χ0) is 16.1. The number of rotatable bonds is 5. The molecule has 1 aromatic heterocycles. The highest BCUT2D eigenvalue weighted by atomic mass is 16.5. The molecule has 1 N–H and O–H groups in total. The van der Waals surface area contributed by atoms with Crippen molar-refractivity contribution < 1.29 is 9.53 Å². The summed E-state index contributed by atoms with van der Waals surface area (Å²) in [6, 6.07) is 16.8. The van der Waals surface area contributed by atoms with Crippen LogP contribution in [0.1, 0.15) is 15.9 Å². The normalized spacial score (nSPS) is 10.5. The van der Waals surface area contributed by atoms with Gasteiger partial charge in [-0.3, -0.25) is 4.79 Å². The summed E-state index contributed by atoms with van der Waals surface area (Å²) in [4.78, 5) is 12.3. The molecule has 0 fully saturated rings. The van der Waals surface area contributed by atoms with E-state index < -0.39 is 0 Å². The number of ether oxygens (including phenoxy) is 1. The summed E-state index contributed by atoms with van der Waals surface area (Å²) < 4.78 is 6.85. The van der Waals surface area contributed by atoms with E-state index in [1.54, 1.807) is 24.1 Å². The number of amides is 1. The Morgan fingerprint density at radius 2 is 2.00 bits per heavy atom. The van der Waals surface area contributed by atoms with Crippen molar-refractivity contribution in [2.75, 3.05) is 12.4 Å². The molecule has 0 saturated carbocycles. The lowest BCUT2D eigenvalue weighted by Gasteiger charge is -2.08. The molecule has 3 rings (SSSR count). The van der Waals surface area contributed by atoms with Crippen LogP contribution in [-0.4, -0.2) is 22.8 Å². The Balaban J connectivity index is 1.71. The second-order valence-corrected chi connectivity index (χ2v) is 5.09. The van der Waals surface area contributed by atoms with Crippen molar-refractivity contribution in [3.63, 3.8) is 0 Å². The third-order valence-electron chi connectivity index (χ3n) is 3.39. The molecule has 3 aromatic rings. The highest BCUT2D eigenvalue weighted by molar-refractivity contribution is 6.04. The Hall–Kier alpha value is -2.92. The number of anilines is 1. The summed E-state index contributed by atoms with van der Waals surface area (Å²) in [6.45, 7) is 0.486. The van der Waals surface area contributed by atoms with Crippen molar-refractivity contribution >= 4 is 11.6 Å². The Bertz CT molecular complexity index is 780. The van der Waals surface area contributed by atoms with Gasteiger partial charge in [-0.25, -0.2) is 4.68 Å². The van der Waals surface area contributed by atoms with Gasteiger partial charge in [0, 0.05) is 30.8 Å². The molecule has 0 bridgehead atoms. The van der Waals surface area contributed by atoms with E-state index in [9.17, 15) is 4.79 Å². The van der Waals surface area contributed by atoms with E-state index in [0.717, 1.165) is 16.9 Å². The van der Waals surface area contributed by atoms with E-state index in [4.69, 9.17) is 4.74 Å². The molecule has 0 aliphatic carbocycles. The van der Waals surface area contributed by atoms with Crippen LogP contribution in [0.4, 0.5) is 5.69 Å². The molecular formula is C18H17N3O2. The minimum absolute atomic E-state index is 0.144.